The zero-order chi connectivity index (χ0) is 58.0. The topological polar surface area (TPSA) is 60.8 Å². The van der Waals surface area contributed by atoms with Crippen LogP contribution in [0.15, 0.2) is 61.2 Å². The van der Waals surface area contributed by atoms with E-state index in [1.807, 2.05) is 0 Å². The van der Waals surface area contributed by atoms with Crippen molar-refractivity contribution in [2.24, 2.45) is 11.8 Å². The zero-order valence-electron chi connectivity index (χ0n) is 54.6. The van der Waals surface area contributed by atoms with Crippen molar-refractivity contribution in [3.05, 3.63) is 106 Å². The van der Waals surface area contributed by atoms with E-state index < -0.39 is 0 Å². The molecular weight excluding hydrogens is 1010 g/mol. The van der Waals surface area contributed by atoms with Crippen molar-refractivity contribution in [1.29, 1.82) is 0 Å². The summed E-state index contributed by atoms with van der Waals surface area (Å²) in [5.74, 6) is 6.58. The van der Waals surface area contributed by atoms with E-state index in [4.69, 9.17) is 24.7 Å². The lowest BCUT2D eigenvalue weighted by atomic mass is 9.78. The molecule has 5 nitrogen and oxygen atoms in total. The summed E-state index contributed by atoms with van der Waals surface area (Å²) in [6, 6.07) is 14.7. The summed E-state index contributed by atoms with van der Waals surface area (Å²) < 4.78 is 7.33. The highest BCUT2D eigenvalue weighted by molar-refractivity contribution is 5.45. The number of ether oxygens (including phenoxy) is 1. The number of aryl methyl sites for hydroxylation is 4. The minimum atomic E-state index is 0.473. The molecule has 0 saturated heterocycles. The Morgan fingerprint density at radius 2 is 0.554 bits per heavy atom. The predicted octanol–water partition coefficient (Wildman–Crippen LogP) is 24.4. The van der Waals surface area contributed by atoms with Crippen LogP contribution in [0.4, 0.5) is 0 Å². The molecule has 0 N–H and O–H groups in total. The summed E-state index contributed by atoms with van der Waals surface area (Å²) in [6.45, 7) is 9.24. The van der Waals surface area contributed by atoms with Crippen LogP contribution in [0.3, 0.4) is 0 Å². The van der Waals surface area contributed by atoms with E-state index in [2.05, 4.69) is 88.9 Å². The second-order valence-electron chi connectivity index (χ2n) is 27.0. The number of benzene rings is 2. The monoisotopic (exact) mass is 1130 g/mol. The molecule has 2 aromatic carbocycles. The Hall–Kier alpha value is -3.60. The van der Waals surface area contributed by atoms with Crippen LogP contribution in [0, 0.1) is 11.8 Å². The van der Waals surface area contributed by atoms with Crippen molar-refractivity contribution in [3.8, 4) is 11.5 Å². The molecule has 2 saturated carbocycles. The van der Waals surface area contributed by atoms with Gasteiger partial charge in [0.25, 0.3) is 0 Å². The summed E-state index contributed by atoms with van der Waals surface area (Å²) in [5.41, 5.74) is 8.45. The molecule has 4 aromatic rings. The van der Waals surface area contributed by atoms with E-state index in [-0.39, 0.29) is 0 Å². The number of nitrogens with zero attached hydrogens (tertiary/aromatic N) is 4. The SMILES string of the molecule is CCCCCCCCCCCCc1ccc(Oc2ccc(CCCCCCCCCCCC)cc2CC2CCC(c3ncc(CCCCCCCCCC)cn3)CC2)c(CC2CCC(c3ncc(CCCCCCCCCC)cn3)CC2)c1. The third-order valence-electron chi connectivity index (χ3n) is 19.6. The molecule has 6 rings (SSSR count). The van der Waals surface area contributed by atoms with Gasteiger partial charge in [-0.2, -0.15) is 0 Å². The van der Waals surface area contributed by atoms with Crippen molar-refractivity contribution < 1.29 is 4.74 Å². The fourth-order valence-electron chi connectivity index (χ4n) is 14.1. The molecule has 464 valence electrons. The first-order chi connectivity index (χ1) is 41.0. The summed E-state index contributed by atoms with van der Waals surface area (Å²) in [4.78, 5) is 20.0. The van der Waals surface area contributed by atoms with Gasteiger partial charge in [-0.25, -0.2) is 19.9 Å². The zero-order valence-corrected chi connectivity index (χ0v) is 54.6. The van der Waals surface area contributed by atoms with Crippen LogP contribution in [-0.4, -0.2) is 19.9 Å². The molecule has 2 heterocycles. The van der Waals surface area contributed by atoms with Crippen LogP contribution in [0.5, 0.6) is 11.5 Å². The summed E-state index contributed by atoms with van der Waals surface area (Å²) in [7, 11) is 0. The van der Waals surface area contributed by atoms with Gasteiger partial charge in [0.15, 0.2) is 0 Å². The first-order valence-electron chi connectivity index (χ1n) is 36.6. The quantitative estimate of drug-likeness (QED) is 0.0413. The van der Waals surface area contributed by atoms with Gasteiger partial charge >= 0.3 is 0 Å². The smallest absolute Gasteiger partial charge is 0.131 e. The second kappa shape index (κ2) is 43.9. The van der Waals surface area contributed by atoms with Crippen LogP contribution in [0.25, 0.3) is 0 Å². The van der Waals surface area contributed by atoms with Crippen LogP contribution in [0.2, 0.25) is 0 Å². The normalized spacial score (nSPS) is 17.3. The maximum Gasteiger partial charge on any atom is 0.131 e. The van der Waals surface area contributed by atoms with Gasteiger partial charge in [0.1, 0.15) is 23.1 Å². The molecule has 0 atom stereocenters. The highest BCUT2D eigenvalue weighted by Crippen LogP contribution is 2.41. The molecule has 5 heteroatoms. The third kappa shape index (κ3) is 28.6. The minimum absolute atomic E-state index is 0.473. The lowest BCUT2D eigenvalue weighted by Crippen LogP contribution is -2.18. The van der Waals surface area contributed by atoms with Crippen molar-refractivity contribution in [2.75, 3.05) is 0 Å². The van der Waals surface area contributed by atoms with E-state index in [9.17, 15) is 0 Å². The summed E-state index contributed by atoms with van der Waals surface area (Å²) in [5, 5.41) is 0. The maximum atomic E-state index is 7.33. The molecule has 0 unspecified atom stereocenters. The summed E-state index contributed by atoms with van der Waals surface area (Å²) in [6.07, 6.45) is 74.2. The Morgan fingerprint density at radius 3 is 0.831 bits per heavy atom. The van der Waals surface area contributed by atoms with Gasteiger partial charge in [0, 0.05) is 36.6 Å². The molecule has 2 aromatic heterocycles. The van der Waals surface area contributed by atoms with Crippen LogP contribution < -0.4 is 4.74 Å². The predicted molar refractivity (Wildman–Crippen MR) is 358 cm³/mol. The molecule has 0 aliphatic heterocycles. The van der Waals surface area contributed by atoms with E-state index >= 15 is 0 Å². The summed E-state index contributed by atoms with van der Waals surface area (Å²) >= 11 is 0. The number of unbranched alkanes of at least 4 members (excludes halogenated alkanes) is 32. The van der Waals surface area contributed by atoms with Crippen molar-refractivity contribution in [2.45, 2.75) is 361 Å². The highest BCUT2D eigenvalue weighted by Gasteiger charge is 2.28. The molecule has 2 aliphatic carbocycles. The molecule has 83 heavy (non-hydrogen) atoms. The molecule has 0 radical (unpaired) electrons. The Bertz CT molecular complexity index is 2030. The molecule has 0 bridgehead atoms. The van der Waals surface area contributed by atoms with Gasteiger partial charge < -0.3 is 4.74 Å². The number of hydrogen-bond donors (Lipinski definition) is 0. The Labute approximate surface area is 512 Å². The van der Waals surface area contributed by atoms with Crippen LogP contribution >= 0.6 is 0 Å². The van der Waals surface area contributed by atoms with Crippen LogP contribution in [-0.2, 0) is 38.5 Å². The van der Waals surface area contributed by atoms with E-state index in [1.54, 1.807) is 0 Å². The van der Waals surface area contributed by atoms with Gasteiger partial charge in [-0.3, -0.25) is 0 Å². The lowest BCUT2D eigenvalue weighted by Gasteiger charge is -2.29. The maximum absolute atomic E-state index is 7.33. The van der Waals surface area contributed by atoms with Gasteiger partial charge in [-0.15, -0.1) is 0 Å². The minimum Gasteiger partial charge on any atom is -0.457 e. The highest BCUT2D eigenvalue weighted by atomic mass is 16.5. The fourth-order valence-corrected chi connectivity index (χ4v) is 14.1. The molecular formula is C78H126N4O. The standard InChI is InChI=1S/C78H126N4O/c1-5-9-13-17-21-25-27-31-33-37-41-65-49-55-75(73(57-65)59-67-45-51-71(52-46-67)77-79-61-69(62-80-77)43-39-35-29-23-19-15-11-7-3)83-76-56-50-66(42-38-34-32-28-26-22-18-14-10-6-2)58-74(76)60-68-47-53-72(54-48-68)78-81-63-70(64-82-78)44-40-36-30-24-20-16-12-8-4/h49-50,55-58,61-64,67-68,71-72H,5-48,51-54,59-60H2,1-4H3. The Kier molecular flexibility index (Phi) is 36.3. The van der Waals surface area contributed by atoms with Crippen LogP contribution in [0.1, 0.15) is 367 Å². The Morgan fingerprint density at radius 1 is 0.301 bits per heavy atom. The number of rotatable bonds is 48. The first kappa shape index (κ1) is 68.5. The average molecular weight is 1140 g/mol. The second-order valence-corrected chi connectivity index (χ2v) is 27.0. The lowest BCUT2D eigenvalue weighted by molar-refractivity contribution is 0.312. The molecule has 2 fully saturated rings. The molecule has 2 aliphatic rings. The van der Waals surface area contributed by atoms with Gasteiger partial charge in [0.2, 0.25) is 0 Å². The first-order valence-corrected chi connectivity index (χ1v) is 36.6. The molecule has 0 spiro atoms. The fraction of sp³-hybridized carbons (Fsp3) is 0.744. The average Bonchev–Trinajstić information content (AvgIpc) is 3.63. The van der Waals surface area contributed by atoms with Crippen molar-refractivity contribution >= 4 is 0 Å². The van der Waals surface area contributed by atoms with E-state index in [0.717, 1.165) is 48.8 Å². The largest absolute Gasteiger partial charge is 0.457 e. The third-order valence-corrected chi connectivity index (χ3v) is 19.6. The van der Waals surface area contributed by atoms with Gasteiger partial charge in [-0.1, -0.05) is 257 Å². The Balaban J connectivity index is 1.08. The number of aromatic nitrogens is 4. The molecule has 0 amide bonds. The van der Waals surface area contributed by atoms with Gasteiger partial charge in [0.05, 0.1) is 0 Å². The van der Waals surface area contributed by atoms with E-state index in [0.29, 0.717) is 23.7 Å². The van der Waals surface area contributed by atoms with E-state index in [1.165, 1.54) is 329 Å². The number of hydrogen-bond acceptors (Lipinski definition) is 5. The van der Waals surface area contributed by atoms with Crippen molar-refractivity contribution in [1.82, 2.24) is 19.9 Å². The van der Waals surface area contributed by atoms with Crippen molar-refractivity contribution in [3.63, 3.8) is 0 Å². The van der Waals surface area contributed by atoms with Gasteiger partial charge in [-0.05, 0) is 173 Å².